The van der Waals surface area contributed by atoms with Crippen molar-refractivity contribution in [3.8, 4) is 0 Å². The Labute approximate surface area is 200 Å². The molecule has 0 aliphatic carbocycles. The molecule has 0 fully saturated rings. The molecular formula is C22H19BrCl2N2O3S. The van der Waals surface area contributed by atoms with Crippen molar-refractivity contribution in [2.45, 2.75) is 18.4 Å². The van der Waals surface area contributed by atoms with Crippen LogP contribution >= 0.6 is 39.1 Å². The maximum absolute atomic E-state index is 13.3. The summed E-state index contributed by atoms with van der Waals surface area (Å²) in [6.45, 7) is 1.61. The largest absolute Gasteiger partial charge is 0.325 e. The van der Waals surface area contributed by atoms with Crippen molar-refractivity contribution in [1.82, 2.24) is 4.31 Å². The number of hydrogen-bond acceptors (Lipinski definition) is 3. The molecule has 0 aliphatic heterocycles. The van der Waals surface area contributed by atoms with Crippen molar-refractivity contribution < 1.29 is 13.2 Å². The molecule has 3 aromatic carbocycles. The molecule has 0 aliphatic rings. The van der Waals surface area contributed by atoms with Crippen LogP contribution in [0.4, 0.5) is 5.69 Å². The van der Waals surface area contributed by atoms with E-state index in [1.54, 1.807) is 30.3 Å². The molecule has 0 aromatic heterocycles. The van der Waals surface area contributed by atoms with Crippen LogP contribution in [-0.4, -0.2) is 25.2 Å². The second-order valence-electron chi connectivity index (χ2n) is 6.92. The molecular weight excluding hydrogens is 523 g/mol. The summed E-state index contributed by atoms with van der Waals surface area (Å²) in [5.41, 5.74) is 2.21. The molecule has 5 nitrogen and oxygen atoms in total. The molecule has 0 bridgehead atoms. The predicted octanol–water partition coefficient (Wildman–Crippen LogP) is 5.89. The Kier molecular flexibility index (Phi) is 7.78. The zero-order valence-electron chi connectivity index (χ0n) is 16.5. The van der Waals surface area contributed by atoms with Crippen LogP contribution in [0.5, 0.6) is 0 Å². The highest BCUT2D eigenvalue weighted by Crippen LogP contribution is 2.24. The van der Waals surface area contributed by atoms with Crippen molar-refractivity contribution in [3.63, 3.8) is 0 Å². The zero-order valence-corrected chi connectivity index (χ0v) is 20.4. The minimum Gasteiger partial charge on any atom is -0.325 e. The Hall–Kier alpha value is -1.90. The molecule has 0 heterocycles. The van der Waals surface area contributed by atoms with Crippen LogP contribution in [0.2, 0.25) is 10.0 Å². The summed E-state index contributed by atoms with van der Waals surface area (Å²) < 4.78 is 28.5. The lowest BCUT2D eigenvalue weighted by Crippen LogP contribution is -2.37. The first kappa shape index (κ1) is 23.8. The highest BCUT2D eigenvalue weighted by molar-refractivity contribution is 9.10. The Morgan fingerprint density at radius 2 is 1.55 bits per heavy atom. The number of rotatable bonds is 7. The number of aryl methyl sites for hydroxylation is 1. The zero-order chi connectivity index (χ0) is 22.6. The number of halogens is 3. The quantitative estimate of drug-likeness (QED) is 0.405. The maximum atomic E-state index is 13.3. The van der Waals surface area contributed by atoms with E-state index in [0.29, 0.717) is 15.7 Å². The van der Waals surface area contributed by atoms with Gasteiger partial charge in [0.05, 0.1) is 11.4 Å². The number of amides is 1. The monoisotopic (exact) mass is 540 g/mol. The number of anilines is 1. The molecule has 3 rings (SSSR count). The summed E-state index contributed by atoms with van der Waals surface area (Å²) in [5, 5.41) is 3.39. The molecule has 0 unspecified atom stereocenters. The van der Waals surface area contributed by atoms with Gasteiger partial charge in [-0.1, -0.05) is 69.0 Å². The molecule has 9 heteroatoms. The minimum atomic E-state index is -3.93. The van der Waals surface area contributed by atoms with Gasteiger partial charge in [-0.2, -0.15) is 4.31 Å². The number of carbonyl (C=O) groups is 1. The molecule has 1 amide bonds. The third-order valence-electron chi connectivity index (χ3n) is 4.40. The summed E-state index contributed by atoms with van der Waals surface area (Å²) in [6, 6.07) is 18.4. The van der Waals surface area contributed by atoms with E-state index < -0.39 is 15.9 Å². The number of sulfonamides is 1. The Morgan fingerprint density at radius 1 is 0.968 bits per heavy atom. The second kappa shape index (κ2) is 10.1. The summed E-state index contributed by atoms with van der Waals surface area (Å²) in [4.78, 5) is 12.8. The van der Waals surface area contributed by atoms with Gasteiger partial charge in [-0.25, -0.2) is 8.42 Å². The van der Waals surface area contributed by atoms with E-state index in [1.807, 2.05) is 31.2 Å². The van der Waals surface area contributed by atoms with Crippen LogP contribution in [0.25, 0.3) is 0 Å². The molecule has 31 heavy (non-hydrogen) atoms. The first-order chi connectivity index (χ1) is 14.6. The SMILES string of the molecule is Cc1ccc(CN(CC(=O)Nc2cc(Cl)cc(Cl)c2)S(=O)(=O)c2ccc(Br)cc2)cc1. The van der Waals surface area contributed by atoms with Crippen LogP contribution in [-0.2, 0) is 21.4 Å². The number of nitrogens with one attached hydrogen (secondary N) is 1. The van der Waals surface area contributed by atoms with Gasteiger partial charge < -0.3 is 5.32 Å². The van der Waals surface area contributed by atoms with Crippen molar-refractivity contribution >= 4 is 60.7 Å². The van der Waals surface area contributed by atoms with Crippen molar-refractivity contribution in [2.24, 2.45) is 0 Å². The van der Waals surface area contributed by atoms with Gasteiger partial charge in [0.15, 0.2) is 0 Å². The van der Waals surface area contributed by atoms with E-state index >= 15 is 0 Å². The van der Waals surface area contributed by atoms with Crippen LogP contribution in [0, 0.1) is 6.92 Å². The number of carbonyl (C=O) groups excluding carboxylic acids is 1. The number of hydrogen-bond donors (Lipinski definition) is 1. The van der Waals surface area contributed by atoms with Gasteiger partial charge in [0.1, 0.15) is 0 Å². The van der Waals surface area contributed by atoms with E-state index in [2.05, 4.69) is 21.2 Å². The molecule has 0 saturated carbocycles. The summed E-state index contributed by atoms with van der Waals surface area (Å²) >= 11 is 15.3. The fourth-order valence-corrected chi connectivity index (χ4v) is 5.04. The molecule has 0 saturated heterocycles. The topological polar surface area (TPSA) is 66.5 Å². The first-order valence-electron chi connectivity index (χ1n) is 9.21. The van der Waals surface area contributed by atoms with E-state index in [1.165, 1.54) is 12.1 Å². The van der Waals surface area contributed by atoms with Gasteiger partial charge in [0, 0.05) is 26.8 Å². The number of nitrogens with zero attached hydrogens (tertiary/aromatic N) is 1. The highest BCUT2D eigenvalue weighted by Gasteiger charge is 2.27. The average molecular weight is 542 g/mol. The van der Waals surface area contributed by atoms with Gasteiger partial charge in [0.25, 0.3) is 0 Å². The molecule has 3 aromatic rings. The van der Waals surface area contributed by atoms with Crippen molar-refractivity contribution in [2.75, 3.05) is 11.9 Å². The third-order valence-corrected chi connectivity index (χ3v) is 7.17. The van der Waals surface area contributed by atoms with E-state index in [-0.39, 0.29) is 18.0 Å². The van der Waals surface area contributed by atoms with Gasteiger partial charge >= 0.3 is 0 Å². The molecule has 0 spiro atoms. The summed E-state index contributed by atoms with van der Waals surface area (Å²) in [6.07, 6.45) is 0. The van der Waals surface area contributed by atoms with Crippen molar-refractivity contribution in [1.29, 1.82) is 0 Å². The predicted molar refractivity (Wildman–Crippen MR) is 128 cm³/mol. The van der Waals surface area contributed by atoms with Gasteiger partial charge in [-0.15, -0.1) is 0 Å². The smallest absolute Gasteiger partial charge is 0.243 e. The first-order valence-corrected chi connectivity index (χ1v) is 12.2. The highest BCUT2D eigenvalue weighted by atomic mass is 79.9. The van der Waals surface area contributed by atoms with Crippen LogP contribution in [0.1, 0.15) is 11.1 Å². The lowest BCUT2D eigenvalue weighted by molar-refractivity contribution is -0.116. The maximum Gasteiger partial charge on any atom is 0.243 e. The Bertz CT molecular complexity index is 1160. The normalized spacial score (nSPS) is 11.5. The minimum absolute atomic E-state index is 0.0440. The van der Waals surface area contributed by atoms with Gasteiger partial charge in [-0.05, 0) is 55.0 Å². The average Bonchev–Trinajstić information content (AvgIpc) is 2.68. The summed E-state index contributed by atoms with van der Waals surface area (Å²) in [5.74, 6) is -0.508. The Morgan fingerprint density at radius 3 is 2.13 bits per heavy atom. The van der Waals surface area contributed by atoms with Gasteiger partial charge in [0.2, 0.25) is 15.9 Å². The van der Waals surface area contributed by atoms with E-state index in [9.17, 15) is 13.2 Å². The van der Waals surface area contributed by atoms with Crippen LogP contribution < -0.4 is 5.32 Å². The fraction of sp³-hybridized carbons (Fsp3) is 0.136. The second-order valence-corrected chi connectivity index (χ2v) is 10.6. The van der Waals surface area contributed by atoms with Crippen LogP contribution in [0.15, 0.2) is 76.1 Å². The number of benzene rings is 3. The Balaban J connectivity index is 1.88. The molecule has 0 radical (unpaired) electrons. The fourth-order valence-electron chi connectivity index (χ4n) is 2.87. The van der Waals surface area contributed by atoms with E-state index in [4.69, 9.17) is 23.2 Å². The van der Waals surface area contributed by atoms with Gasteiger partial charge in [-0.3, -0.25) is 4.79 Å². The lowest BCUT2D eigenvalue weighted by Gasteiger charge is -2.22. The summed E-state index contributed by atoms with van der Waals surface area (Å²) in [7, 11) is -3.93. The van der Waals surface area contributed by atoms with E-state index in [0.717, 1.165) is 19.9 Å². The van der Waals surface area contributed by atoms with Crippen LogP contribution in [0.3, 0.4) is 0 Å². The van der Waals surface area contributed by atoms with Crippen molar-refractivity contribution in [3.05, 3.63) is 92.4 Å². The molecule has 0 atom stereocenters. The third kappa shape index (κ3) is 6.54. The molecule has 162 valence electrons. The lowest BCUT2D eigenvalue weighted by atomic mass is 10.1. The molecule has 1 N–H and O–H groups in total. The standard InChI is InChI=1S/C22H19BrCl2N2O3S/c1-15-2-4-16(5-3-15)13-27(31(29,30)21-8-6-17(23)7-9-21)14-22(28)26-20-11-18(24)10-19(25)12-20/h2-12H,13-14H2,1H3,(H,26,28).